The lowest BCUT2D eigenvalue weighted by atomic mass is 10.1. The van der Waals surface area contributed by atoms with Crippen molar-refractivity contribution < 1.29 is 8.42 Å². The maximum atomic E-state index is 11.9. The van der Waals surface area contributed by atoms with Crippen LogP contribution in [0.3, 0.4) is 0 Å². The van der Waals surface area contributed by atoms with Crippen molar-refractivity contribution in [2.45, 2.75) is 17.9 Å². The van der Waals surface area contributed by atoms with Gasteiger partial charge in [-0.15, -0.1) is 4.83 Å². The van der Waals surface area contributed by atoms with E-state index in [2.05, 4.69) is 10.1 Å². The molecule has 0 aromatic heterocycles. The van der Waals surface area contributed by atoms with Gasteiger partial charge in [0.15, 0.2) is 0 Å². The molecule has 1 unspecified atom stereocenters. The number of nitrogens with zero attached hydrogens (tertiary/aromatic N) is 1. The molecular formula is C11H19N3O2S. The van der Waals surface area contributed by atoms with E-state index in [4.69, 9.17) is 0 Å². The minimum atomic E-state index is -3.48. The van der Waals surface area contributed by atoms with Gasteiger partial charge in [0, 0.05) is 20.1 Å². The fourth-order valence-corrected chi connectivity index (χ4v) is 2.55. The molecule has 1 atom stereocenters. The molecule has 5 nitrogen and oxygen atoms in total. The first kappa shape index (κ1) is 14.1. The minimum Gasteiger partial charge on any atom is -0.313 e. The number of hydrogen-bond acceptors (Lipinski definition) is 4. The van der Waals surface area contributed by atoms with Gasteiger partial charge in [-0.05, 0) is 31.7 Å². The van der Waals surface area contributed by atoms with E-state index in [0.29, 0.717) is 0 Å². The molecule has 0 fully saturated rings. The molecule has 17 heavy (non-hydrogen) atoms. The average molecular weight is 257 g/mol. The van der Waals surface area contributed by atoms with Crippen LogP contribution >= 0.6 is 0 Å². The fourth-order valence-electron chi connectivity index (χ4n) is 1.41. The van der Waals surface area contributed by atoms with Crippen molar-refractivity contribution in [3.63, 3.8) is 0 Å². The van der Waals surface area contributed by atoms with Crippen LogP contribution in [0, 0.1) is 0 Å². The summed E-state index contributed by atoms with van der Waals surface area (Å²) in [5.41, 5.74) is 0.939. The summed E-state index contributed by atoms with van der Waals surface area (Å²) in [6.07, 6.45) is 0. The molecule has 96 valence electrons. The second-order valence-corrected chi connectivity index (χ2v) is 5.73. The summed E-state index contributed by atoms with van der Waals surface area (Å²) in [6, 6.07) is 7.01. The topological polar surface area (TPSA) is 61.4 Å². The van der Waals surface area contributed by atoms with Crippen LogP contribution in [0.2, 0.25) is 0 Å². The quantitative estimate of drug-likeness (QED) is 0.763. The van der Waals surface area contributed by atoms with Crippen molar-refractivity contribution in [3.8, 4) is 0 Å². The number of rotatable bonds is 5. The smallest absolute Gasteiger partial charge is 0.253 e. The van der Waals surface area contributed by atoms with Crippen molar-refractivity contribution in [1.29, 1.82) is 0 Å². The normalized spacial score (nSPS) is 13.9. The van der Waals surface area contributed by atoms with Crippen LogP contribution in [0.4, 0.5) is 0 Å². The third-order valence-corrected chi connectivity index (χ3v) is 3.88. The van der Waals surface area contributed by atoms with Crippen molar-refractivity contribution in [1.82, 2.24) is 15.2 Å². The van der Waals surface area contributed by atoms with Crippen LogP contribution in [-0.2, 0) is 10.0 Å². The van der Waals surface area contributed by atoms with Gasteiger partial charge < -0.3 is 5.32 Å². The second-order valence-electron chi connectivity index (χ2n) is 4.07. The van der Waals surface area contributed by atoms with Gasteiger partial charge in [0.05, 0.1) is 4.90 Å². The molecule has 1 aromatic carbocycles. The first-order valence-electron chi connectivity index (χ1n) is 5.34. The lowest BCUT2D eigenvalue weighted by Gasteiger charge is -2.15. The summed E-state index contributed by atoms with van der Waals surface area (Å²) in [5, 5.41) is 4.48. The van der Waals surface area contributed by atoms with Gasteiger partial charge in [0.25, 0.3) is 10.0 Å². The summed E-state index contributed by atoms with van der Waals surface area (Å²) in [7, 11) is 1.63. The molecule has 0 radical (unpaired) electrons. The highest BCUT2D eigenvalue weighted by molar-refractivity contribution is 7.89. The number of nitrogens with one attached hydrogen (secondary N) is 2. The van der Waals surface area contributed by atoms with Crippen LogP contribution in [0.5, 0.6) is 0 Å². The molecule has 0 aliphatic heterocycles. The summed E-state index contributed by atoms with van der Waals surface area (Å²) in [4.78, 5) is 2.67. The zero-order valence-electron chi connectivity index (χ0n) is 10.6. The molecular weight excluding hydrogens is 238 g/mol. The van der Waals surface area contributed by atoms with Gasteiger partial charge in [-0.2, -0.15) is 0 Å². The lowest BCUT2D eigenvalue weighted by Crippen LogP contribution is -2.36. The minimum absolute atomic E-state index is 0.115. The van der Waals surface area contributed by atoms with Crippen molar-refractivity contribution in [2.24, 2.45) is 0 Å². The van der Waals surface area contributed by atoms with Crippen molar-refractivity contribution in [3.05, 3.63) is 29.8 Å². The summed E-state index contributed by atoms with van der Waals surface area (Å²) in [5.74, 6) is 0. The number of hydrogen-bond donors (Lipinski definition) is 2. The Bertz CT molecular complexity index is 471. The molecule has 0 heterocycles. The van der Waals surface area contributed by atoms with Crippen molar-refractivity contribution in [2.75, 3.05) is 21.1 Å². The zero-order chi connectivity index (χ0) is 13.1. The van der Waals surface area contributed by atoms with E-state index in [1.807, 2.05) is 20.0 Å². The maximum Gasteiger partial charge on any atom is 0.253 e. The Morgan fingerprint density at radius 3 is 2.47 bits per heavy atom. The molecule has 0 amide bonds. The zero-order valence-corrected chi connectivity index (χ0v) is 11.4. The second kappa shape index (κ2) is 5.59. The van der Waals surface area contributed by atoms with Gasteiger partial charge in [-0.1, -0.05) is 12.1 Å². The van der Waals surface area contributed by atoms with Crippen LogP contribution in [0.1, 0.15) is 18.5 Å². The van der Waals surface area contributed by atoms with E-state index in [1.54, 1.807) is 32.3 Å². The highest BCUT2D eigenvalue weighted by atomic mass is 32.2. The maximum absolute atomic E-state index is 11.9. The summed E-state index contributed by atoms with van der Waals surface area (Å²) >= 11 is 0. The predicted molar refractivity (Wildman–Crippen MR) is 67.9 cm³/mol. The Morgan fingerprint density at radius 2 is 1.94 bits per heavy atom. The first-order valence-corrected chi connectivity index (χ1v) is 6.82. The Labute approximate surface area is 103 Å². The van der Waals surface area contributed by atoms with Gasteiger partial charge in [-0.25, -0.2) is 13.4 Å². The van der Waals surface area contributed by atoms with Gasteiger partial charge in [0.2, 0.25) is 0 Å². The Balaban J connectivity index is 3.07. The third-order valence-electron chi connectivity index (χ3n) is 2.40. The number of sulfonamides is 1. The van der Waals surface area contributed by atoms with E-state index >= 15 is 0 Å². The highest BCUT2D eigenvalue weighted by Gasteiger charge is 2.15. The largest absolute Gasteiger partial charge is 0.313 e. The van der Waals surface area contributed by atoms with Crippen LogP contribution in [-0.4, -0.2) is 34.6 Å². The molecule has 0 bridgehead atoms. The predicted octanol–water partition coefficient (Wildman–Crippen LogP) is 0.722. The Hall–Kier alpha value is -0.950. The monoisotopic (exact) mass is 257 g/mol. The Kier molecular flexibility index (Phi) is 4.64. The molecule has 1 aromatic rings. The first-order chi connectivity index (χ1) is 7.86. The standard InChI is InChI=1S/C11H19N3O2S/c1-9(12-2)10-6-5-7-11(8-10)17(15,16)13-14(3)4/h5-9,12-13H,1-4H3. The molecule has 0 spiro atoms. The lowest BCUT2D eigenvalue weighted by molar-refractivity contribution is 0.364. The van der Waals surface area contributed by atoms with Gasteiger partial charge >= 0.3 is 0 Å². The fraction of sp³-hybridized carbons (Fsp3) is 0.455. The van der Waals surface area contributed by atoms with E-state index in [1.165, 1.54) is 5.01 Å². The molecule has 0 saturated carbocycles. The van der Waals surface area contributed by atoms with E-state index in [9.17, 15) is 8.42 Å². The van der Waals surface area contributed by atoms with E-state index < -0.39 is 10.0 Å². The molecule has 0 aliphatic carbocycles. The third kappa shape index (κ3) is 3.78. The van der Waals surface area contributed by atoms with E-state index in [-0.39, 0.29) is 10.9 Å². The van der Waals surface area contributed by atoms with Crippen molar-refractivity contribution >= 4 is 10.0 Å². The van der Waals surface area contributed by atoms with E-state index in [0.717, 1.165) is 5.56 Å². The summed E-state index contributed by atoms with van der Waals surface area (Å²) in [6.45, 7) is 1.98. The van der Waals surface area contributed by atoms with Crippen LogP contribution < -0.4 is 10.1 Å². The average Bonchev–Trinajstić information content (AvgIpc) is 2.26. The highest BCUT2D eigenvalue weighted by Crippen LogP contribution is 2.16. The van der Waals surface area contributed by atoms with Crippen LogP contribution in [0.25, 0.3) is 0 Å². The summed E-state index contributed by atoms with van der Waals surface area (Å²) < 4.78 is 23.9. The molecule has 6 heteroatoms. The molecule has 2 N–H and O–H groups in total. The number of benzene rings is 1. The molecule has 0 saturated heterocycles. The van der Waals surface area contributed by atoms with Gasteiger partial charge in [0.1, 0.15) is 0 Å². The SMILES string of the molecule is CNC(C)c1cccc(S(=O)(=O)NN(C)C)c1. The number of hydrazine groups is 1. The molecule has 1 rings (SSSR count). The Morgan fingerprint density at radius 1 is 1.29 bits per heavy atom. The van der Waals surface area contributed by atoms with Gasteiger partial charge in [-0.3, -0.25) is 0 Å². The van der Waals surface area contributed by atoms with Crippen LogP contribution in [0.15, 0.2) is 29.2 Å². The molecule has 0 aliphatic rings.